The lowest BCUT2D eigenvalue weighted by molar-refractivity contribution is -0.150. The van der Waals surface area contributed by atoms with Crippen LogP contribution in [0.2, 0.25) is 0 Å². The number of hydrogen-bond donors (Lipinski definition) is 1. The highest BCUT2D eigenvalue weighted by atomic mass is 19.1. The van der Waals surface area contributed by atoms with Crippen LogP contribution in [0.25, 0.3) is 0 Å². The Morgan fingerprint density at radius 1 is 1.04 bits per heavy atom. The van der Waals surface area contributed by atoms with E-state index in [0.717, 1.165) is 6.42 Å². The van der Waals surface area contributed by atoms with E-state index in [1.165, 1.54) is 11.6 Å². The van der Waals surface area contributed by atoms with Crippen LogP contribution in [0.5, 0.6) is 5.75 Å². The molecule has 0 unspecified atom stereocenters. The van der Waals surface area contributed by atoms with Crippen molar-refractivity contribution in [2.45, 2.75) is 19.8 Å². The van der Waals surface area contributed by atoms with Gasteiger partial charge in [-0.1, -0.05) is 37.3 Å². The third-order valence-electron chi connectivity index (χ3n) is 3.73. The molecular weight excluding hydrogens is 337 g/mol. The average Bonchev–Trinajstić information content (AvgIpc) is 2.66. The van der Waals surface area contributed by atoms with E-state index in [4.69, 9.17) is 9.47 Å². The van der Waals surface area contributed by atoms with E-state index in [2.05, 4.69) is 12.2 Å². The molecule has 1 N–H and O–H groups in total. The van der Waals surface area contributed by atoms with Gasteiger partial charge in [0.2, 0.25) is 0 Å². The van der Waals surface area contributed by atoms with E-state index in [9.17, 15) is 14.0 Å². The number of carbonyl (C=O) groups excluding carboxylic acids is 2. The lowest BCUT2D eigenvalue weighted by Gasteiger charge is -2.08. The van der Waals surface area contributed by atoms with Gasteiger partial charge in [0.05, 0.1) is 0 Å². The van der Waals surface area contributed by atoms with E-state index < -0.39 is 18.5 Å². The highest BCUT2D eigenvalue weighted by Gasteiger charge is 2.09. The largest absolute Gasteiger partial charge is 0.482 e. The first-order valence-electron chi connectivity index (χ1n) is 8.46. The highest BCUT2D eigenvalue weighted by Crippen LogP contribution is 2.12. The number of amides is 1. The minimum Gasteiger partial charge on any atom is -0.482 e. The molecule has 0 aliphatic rings. The fourth-order valence-corrected chi connectivity index (χ4v) is 2.24. The molecule has 0 spiro atoms. The van der Waals surface area contributed by atoms with Gasteiger partial charge in [-0.2, -0.15) is 0 Å². The number of aryl methyl sites for hydroxylation is 1. The van der Waals surface area contributed by atoms with Crippen molar-refractivity contribution < 1.29 is 23.5 Å². The SMILES string of the molecule is CCc1ccc(OCC(=O)OCC(=O)NCCc2ccccc2F)cc1. The van der Waals surface area contributed by atoms with E-state index >= 15 is 0 Å². The van der Waals surface area contributed by atoms with Crippen LogP contribution in [-0.4, -0.2) is 31.6 Å². The first-order chi connectivity index (χ1) is 12.6. The Labute approximate surface area is 152 Å². The lowest BCUT2D eigenvalue weighted by Crippen LogP contribution is -2.31. The summed E-state index contributed by atoms with van der Waals surface area (Å²) in [6, 6.07) is 13.8. The number of benzene rings is 2. The molecule has 2 aromatic carbocycles. The van der Waals surface area contributed by atoms with Crippen molar-refractivity contribution in [2.75, 3.05) is 19.8 Å². The Bertz CT molecular complexity index is 731. The monoisotopic (exact) mass is 359 g/mol. The van der Waals surface area contributed by atoms with Crippen molar-refractivity contribution in [3.05, 3.63) is 65.5 Å². The Morgan fingerprint density at radius 2 is 1.77 bits per heavy atom. The molecule has 0 bridgehead atoms. The summed E-state index contributed by atoms with van der Waals surface area (Å²) in [6.45, 7) is 1.65. The first kappa shape index (κ1) is 19.4. The number of esters is 1. The predicted octanol–water partition coefficient (Wildman–Crippen LogP) is 2.67. The average molecular weight is 359 g/mol. The van der Waals surface area contributed by atoms with Crippen LogP contribution in [0, 0.1) is 5.82 Å². The zero-order valence-electron chi connectivity index (χ0n) is 14.7. The minimum atomic E-state index is -0.631. The van der Waals surface area contributed by atoms with Crippen molar-refractivity contribution in [3.8, 4) is 5.75 Å². The zero-order valence-corrected chi connectivity index (χ0v) is 14.7. The number of hydrogen-bond acceptors (Lipinski definition) is 4. The quantitative estimate of drug-likeness (QED) is 0.699. The zero-order chi connectivity index (χ0) is 18.8. The van der Waals surface area contributed by atoms with Crippen LogP contribution in [0.15, 0.2) is 48.5 Å². The maximum absolute atomic E-state index is 13.4. The van der Waals surface area contributed by atoms with E-state index in [1.54, 1.807) is 30.3 Å². The number of ether oxygens (including phenoxy) is 2. The lowest BCUT2D eigenvalue weighted by atomic mass is 10.1. The Morgan fingerprint density at radius 3 is 2.46 bits per heavy atom. The molecule has 0 heterocycles. The van der Waals surface area contributed by atoms with Crippen LogP contribution in [0.1, 0.15) is 18.1 Å². The highest BCUT2D eigenvalue weighted by molar-refractivity contribution is 5.80. The summed E-state index contributed by atoms with van der Waals surface area (Å²) in [5.41, 5.74) is 1.69. The molecule has 0 fully saturated rings. The summed E-state index contributed by atoms with van der Waals surface area (Å²) in [5.74, 6) is -0.818. The Balaban J connectivity index is 1.62. The summed E-state index contributed by atoms with van der Waals surface area (Å²) in [5, 5.41) is 2.58. The number of rotatable bonds is 9. The van der Waals surface area contributed by atoms with Crippen LogP contribution in [-0.2, 0) is 27.2 Å². The molecule has 0 radical (unpaired) electrons. The van der Waals surface area contributed by atoms with Gasteiger partial charge in [-0.25, -0.2) is 9.18 Å². The maximum atomic E-state index is 13.4. The maximum Gasteiger partial charge on any atom is 0.344 e. The second-order valence-corrected chi connectivity index (χ2v) is 5.64. The van der Waals surface area contributed by atoms with E-state index in [1.807, 2.05) is 12.1 Å². The Kier molecular flexibility index (Phi) is 7.61. The van der Waals surface area contributed by atoms with Crippen LogP contribution >= 0.6 is 0 Å². The van der Waals surface area contributed by atoms with Crippen molar-refractivity contribution in [2.24, 2.45) is 0 Å². The van der Waals surface area contributed by atoms with Crippen molar-refractivity contribution in [3.63, 3.8) is 0 Å². The molecule has 0 aromatic heterocycles. The van der Waals surface area contributed by atoms with Gasteiger partial charge in [0.25, 0.3) is 5.91 Å². The molecule has 0 atom stereocenters. The Hall–Kier alpha value is -2.89. The normalized spacial score (nSPS) is 10.2. The summed E-state index contributed by atoms with van der Waals surface area (Å²) in [6.07, 6.45) is 1.29. The minimum absolute atomic E-state index is 0.262. The molecule has 0 aliphatic heterocycles. The van der Waals surface area contributed by atoms with Gasteiger partial charge >= 0.3 is 5.97 Å². The molecule has 1 amide bonds. The van der Waals surface area contributed by atoms with Gasteiger partial charge in [-0.15, -0.1) is 0 Å². The van der Waals surface area contributed by atoms with Crippen molar-refractivity contribution in [1.82, 2.24) is 5.32 Å². The molecule has 0 aliphatic carbocycles. The fraction of sp³-hybridized carbons (Fsp3) is 0.300. The molecule has 138 valence electrons. The standard InChI is InChI=1S/C20H22FNO4/c1-2-15-7-9-17(10-8-15)25-14-20(24)26-13-19(23)22-12-11-16-5-3-4-6-18(16)21/h3-10H,2,11-14H2,1H3,(H,22,23). The fourth-order valence-electron chi connectivity index (χ4n) is 2.24. The second-order valence-electron chi connectivity index (χ2n) is 5.64. The predicted molar refractivity (Wildman–Crippen MR) is 95.4 cm³/mol. The van der Waals surface area contributed by atoms with Gasteiger partial charge in [0.1, 0.15) is 11.6 Å². The third kappa shape index (κ3) is 6.55. The smallest absolute Gasteiger partial charge is 0.344 e. The summed E-state index contributed by atoms with van der Waals surface area (Å²) >= 11 is 0. The molecule has 26 heavy (non-hydrogen) atoms. The summed E-state index contributed by atoms with van der Waals surface area (Å²) < 4.78 is 23.6. The molecule has 0 saturated heterocycles. The van der Waals surface area contributed by atoms with E-state index in [0.29, 0.717) is 17.7 Å². The van der Waals surface area contributed by atoms with Crippen molar-refractivity contribution in [1.29, 1.82) is 0 Å². The third-order valence-corrected chi connectivity index (χ3v) is 3.73. The summed E-state index contributed by atoms with van der Waals surface area (Å²) in [7, 11) is 0. The van der Waals surface area contributed by atoms with Gasteiger partial charge in [-0.3, -0.25) is 4.79 Å². The van der Waals surface area contributed by atoms with Gasteiger partial charge in [-0.05, 0) is 42.2 Å². The van der Waals surface area contributed by atoms with Crippen LogP contribution < -0.4 is 10.1 Å². The van der Waals surface area contributed by atoms with Gasteiger partial charge in [0.15, 0.2) is 13.2 Å². The molecule has 2 rings (SSSR count). The molecule has 2 aromatic rings. The topological polar surface area (TPSA) is 64.6 Å². The molecule has 6 heteroatoms. The van der Waals surface area contributed by atoms with E-state index in [-0.39, 0.29) is 19.0 Å². The number of nitrogens with one attached hydrogen (secondary N) is 1. The molecule has 5 nitrogen and oxygen atoms in total. The van der Waals surface area contributed by atoms with Crippen LogP contribution in [0.4, 0.5) is 4.39 Å². The number of carbonyl (C=O) groups is 2. The first-order valence-corrected chi connectivity index (χ1v) is 8.46. The number of halogens is 1. The van der Waals surface area contributed by atoms with Crippen molar-refractivity contribution >= 4 is 11.9 Å². The molecular formula is C20H22FNO4. The van der Waals surface area contributed by atoms with Crippen LogP contribution in [0.3, 0.4) is 0 Å². The van der Waals surface area contributed by atoms with Gasteiger partial charge < -0.3 is 14.8 Å². The second kappa shape index (κ2) is 10.2. The van der Waals surface area contributed by atoms with Gasteiger partial charge in [0, 0.05) is 6.54 Å². The molecule has 0 saturated carbocycles. The summed E-state index contributed by atoms with van der Waals surface area (Å²) in [4.78, 5) is 23.3.